The van der Waals surface area contributed by atoms with Crippen molar-refractivity contribution in [3.63, 3.8) is 0 Å². The summed E-state index contributed by atoms with van der Waals surface area (Å²) < 4.78 is 59.0. The molecule has 0 unspecified atom stereocenters. The highest BCUT2D eigenvalue weighted by Crippen LogP contribution is 2.26. The minimum absolute atomic E-state index is 0.0555. The zero-order valence-electron chi connectivity index (χ0n) is 20.8. The number of nitrogens with one attached hydrogen (secondary N) is 1. The number of benzene rings is 3. The molecule has 1 amide bonds. The molecule has 4 rings (SSSR count). The summed E-state index contributed by atoms with van der Waals surface area (Å²) in [6, 6.07) is 16.7. The first-order chi connectivity index (χ1) is 18.8. The van der Waals surface area contributed by atoms with Gasteiger partial charge in [0.2, 0.25) is 0 Å². The Labute approximate surface area is 225 Å². The summed E-state index contributed by atoms with van der Waals surface area (Å²) >= 11 is 0. The lowest BCUT2D eigenvalue weighted by Gasteiger charge is -2.36. The third-order valence-corrected chi connectivity index (χ3v) is 5.85. The Morgan fingerprint density at radius 2 is 1.48 bits per heavy atom. The molecular weight excluding hydrogens is 541 g/mol. The van der Waals surface area contributed by atoms with Gasteiger partial charge >= 0.3 is 18.1 Å². The molecule has 0 atom stereocenters. The number of hydrogen-bond donors (Lipinski definition) is 3. The average Bonchev–Trinajstić information content (AvgIpc) is 2.89. The minimum Gasteiger partial charge on any atom is -0.478 e. The Kier molecular flexibility index (Phi) is 9.78. The fourth-order valence-corrected chi connectivity index (χ4v) is 3.95. The number of halogens is 5. The molecule has 212 valence electrons. The fraction of sp³-hybridized carbons (Fsp3) is 0.222. The Morgan fingerprint density at radius 1 is 0.825 bits per heavy atom. The first-order valence-corrected chi connectivity index (χ1v) is 11.8. The van der Waals surface area contributed by atoms with Gasteiger partial charge in [0.1, 0.15) is 11.6 Å². The van der Waals surface area contributed by atoms with E-state index in [2.05, 4.69) is 10.2 Å². The van der Waals surface area contributed by atoms with Crippen molar-refractivity contribution in [1.29, 1.82) is 0 Å². The van der Waals surface area contributed by atoms with Gasteiger partial charge in [-0.2, -0.15) is 13.2 Å². The summed E-state index contributed by atoms with van der Waals surface area (Å²) in [6.45, 7) is 3.23. The smallest absolute Gasteiger partial charge is 0.478 e. The number of carboxylic acids is 2. The maximum Gasteiger partial charge on any atom is 0.490 e. The molecule has 3 N–H and O–H groups in total. The Balaban J connectivity index is 0.000000559. The van der Waals surface area contributed by atoms with Crippen molar-refractivity contribution in [2.24, 2.45) is 0 Å². The molecule has 1 aliphatic heterocycles. The number of aromatic carboxylic acids is 1. The van der Waals surface area contributed by atoms with E-state index in [1.165, 1.54) is 36.4 Å². The molecular formula is C27H24F5N3O5. The maximum absolute atomic E-state index is 13.9. The maximum atomic E-state index is 13.9. The second-order valence-corrected chi connectivity index (χ2v) is 8.67. The van der Waals surface area contributed by atoms with Gasteiger partial charge in [-0.3, -0.25) is 9.69 Å². The monoisotopic (exact) mass is 565 g/mol. The van der Waals surface area contributed by atoms with E-state index in [1.54, 1.807) is 24.3 Å². The van der Waals surface area contributed by atoms with Crippen LogP contribution in [-0.4, -0.2) is 65.3 Å². The van der Waals surface area contributed by atoms with Crippen LogP contribution in [0, 0.1) is 11.6 Å². The molecule has 3 aromatic rings. The standard InChI is InChI=1S/C25H23F2N3O3.C2HF3O2/c26-18-5-3-4-17(14-18)16-29-10-12-30(13-11-29)23-9-8-19(15-21(23)25(32)33)28-24(31)20-6-1-2-7-22(20)27;3-2(4,5)1(6)7/h1-9,14-15H,10-13,16H2,(H,28,31)(H,32,33);(H,6,7). The van der Waals surface area contributed by atoms with E-state index >= 15 is 0 Å². The van der Waals surface area contributed by atoms with Gasteiger partial charge in [-0.25, -0.2) is 18.4 Å². The lowest BCUT2D eigenvalue weighted by molar-refractivity contribution is -0.192. The zero-order chi connectivity index (χ0) is 29.4. The average molecular weight is 565 g/mol. The van der Waals surface area contributed by atoms with Crippen LogP contribution >= 0.6 is 0 Å². The van der Waals surface area contributed by atoms with Gasteiger partial charge in [-0.05, 0) is 48.0 Å². The van der Waals surface area contributed by atoms with E-state index in [4.69, 9.17) is 9.90 Å². The Hall–Kier alpha value is -4.52. The highest BCUT2D eigenvalue weighted by molar-refractivity contribution is 6.05. The quantitative estimate of drug-likeness (QED) is 0.366. The normalized spacial score (nSPS) is 13.7. The van der Waals surface area contributed by atoms with Gasteiger partial charge in [0.15, 0.2) is 0 Å². The molecule has 40 heavy (non-hydrogen) atoms. The molecule has 13 heteroatoms. The SMILES string of the molecule is O=C(Nc1ccc(N2CCN(Cc3cccc(F)c3)CC2)c(C(=O)O)c1)c1ccccc1F.O=C(O)C(F)(F)F. The number of carboxylic acid groups (broad SMARTS) is 2. The van der Waals surface area contributed by atoms with Gasteiger partial charge < -0.3 is 20.4 Å². The van der Waals surface area contributed by atoms with Gasteiger partial charge in [0.05, 0.1) is 16.8 Å². The van der Waals surface area contributed by atoms with Crippen LogP contribution in [-0.2, 0) is 11.3 Å². The largest absolute Gasteiger partial charge is 0.490 e. The van der Waals surface area contributed by atoms with Crippen LogP contribution in [0.25, 0.3) is 0 Å². The van der Waals surface area contributed by atoms with Crippen molar-refractivity contribution in [3.05, 3.63) is 95.1 Å². The molecule has 0 radical (unpaired) electrons. The molecule has 0 bridgehead atoms. The Morgan fingerprint density at radius 3 is 2.05 bits per heavy atom. The molecule has 8 nitrogen and oxygen atoms in total. The van der Waals surface area contributed by atoms with E-state index in [-0.39, 0.29) is 22.6 Å². The summed E-state index contributed by atoms with van der Waals surface area (Å²) in [6.07, 6.45) is -5.08. The highest BCUT2D eigenvalue weighted by atomic mass is 19.4. The molecule has 0 saturated carbocycles. The van der Waals surface area contributed by atoms with Crippen molar-refractivity contribution in [2.45, 2.75) is 12.7 Å². The third kappa shape index (κ3) is 8.24. The first kappa shape index (κ1) is 30.0. The van der Waals surface area contributed by atoms with E-state index < -0.39 is 29.8 Å². The lowest BCUT2D eigenvalue weighted by Crippen LogP contribution is -2.46. The number of amides is 1. The van der Waals surface area contributed by atoms with Crippen molar-refractivity contribution in [1.82, 2.24) is 4.90 Å². The van der Waals surface area contributed by atoms with Crippen molar-refractivity contribution in [2.75, 3.05) is 36.4 Å². The minimum atomic E-state index is -5.08. The van der Waals surface area contributed by atoms with Crippen LogP contribution in [0.1, 0.15) is 26.3 Å². The summed E-state index contributed by atoms with van der Waals surface area (Å²) in [5.41, 5.74) is 1.66. The van der Waals surface area contributed by atoms with Crippen molar-refractivity contribution in [3.8, 4) is 0 Å². The highest BCUT2D eigenvalue weighted by Gasteiger charge is 2.38. The van der Waals surface area contributed by atoms with Gasteiger partial charge in [0, 0.05) is 38.4 Å². The molecule has 1 saturated heterocycles. The zero-order valence-corrected chi connectivity index (χ0v) is 20.8. The first-order valence-electron chi connectivity index (χ1n) is 11.8. The van der Waals surface area contributed by atoms with Gasteiger partial charge in [0.25, 0.3) is 5.91 Å². The van der Waals surface area contributed by atoms with Gasteiger partial charge in [-0.1, -0.05) is 24.3 Å². The van der Waals surface area contributed by atoms with Crippen molar-refractivity contribution >= 4 is 29.2 Å². The summed E-state index contributed by atoms with van der Waals surface area (Å²) in [5, 5.41) is 19.4. The summed E-state index contributed by atoms with van der Waals surface area (Å²) in [4.78, 5) is 37.4. The number of aliphatic carboxylic acids is 1. The predicted molar refractivity (Wildman–Crippen MR) is 135 cm³/mol. The number of nitrogens with zero attached hydrogens (tertiary/aromatic N) is 2. The molecule has 0 spiro atoms. The number of carbonyl (C=O) groups is 3. The number of hydrogen-bond acceptors (Lipinski definition) is 5. The van der Waals surface area contributed by atoms with Crippen LogP contribution in [0.5, 0.6) is 0 Å². The number of carbonyl (C=O) groups excluding carboxylic acids is 1. The molecule has 0 aromatic heterocycles. The summed E-state index contributed by atoms with van der Waals surface area (Å²) in [5.74, 6) is -5.44. The molecule has 1 heterocycles. The molecule has 0 aliphatic carbocycles. The van der Waals surface area contributed by atoms with Crippen LogP contribution in [0.2, 0.25) is 0 Å². The number of anilines is 2. The third-order valence-electron chi connectivity index (χ3n) is 5.85. The Bertz CT molecular complexity index is 1370. The second kappa shape index (κ2) is 13.0. The lowest BCUT2D eigenvalue weighted by atomic mass is 10.1. The van der Waals surface area contributed by atoms with Crippen molar-refractivity contribution < 1.29 is 46.5 Å². The van der Waals surface area contributed by atoms with Crippen LogP contribution in [0.4, 0.5) is 33.3 Å². The topological polar surface area (TPSA) is 110 Å². The number of rotatable bonds is 6. The van der Waals surface area contributed by atoms with E-state index in [9.17, 15) is 36.6 Å². The summed E-state index contributed by atoms with van der Waals surface area (Å²) in [7, 11) is 0. The van der Waals surface area contributed by atoms with Crippen LogP contribution < -0.4 is 10.2 Å². The number of piperazine rings is 1. The van der Waals surface area contributed by atoms with Gasteiger partial charge in [-0.15, -0.1) is 0 Å². The van der Waals surface area contributed by atoms with Crippen LogP contribution in [0.3, 0.4) is 0 Å². The second-order valence-electron chi connectivity index (χ2n) is 8.67. The number of alkyl halides is 3. The van der Waals surface area contributed by atoms with Crippen LogP contribution in [0.15, 0.2) is 66.7 Å². The van der Waals surface area contributed by atoms with E-state index in [0.717, 1.165) is 5.56 Å². The van der Waals surface area contributed by atoms with E-state index in [1.807, 2.05) is 11.0 Å². The fourth-order valence-electron chi connectivity index (χ4n) is 3.95. The predicted octanol–water partition coefficient (Wildman–Crippen LogP) is 4.87. The molecule has 3 aromatic carbocycles. The van der Waals surface area contributed by atoms with E-state index in [0.29, 0.717) is 38.4 Å². The molecule has 1 fully saturated rings. The molecule has 1 aliphatic rings.